The van der Waals surface area contributed by atoms with Gasteiger partial charge in [-0.1, -0.05) is 0 Å². The van der Waals surface area contributed by atoms with Gasteiger partial charge in [-0.15, -0.1) is 0 Å². The van der Waals surface area contributed by atoms with Gasteiger partial charge in [0.05, 0.1) is 19.8 Å². The summed E-state index contributed by atoms with van der Waals surface area (Å²) in [5.74, 6) is 2.13. The average Bonchev–Trinajstić information content (AvgIpc) is 2.61. The van der Waals surface area contributed by atoms with Gasteiger partial charge in [-0.3, -0.25) is 4.79 Å². The molecule has 0 aromatic heterocycles. The number of hydrogen-bond donors (Lipinski definition) is 1. The third kappa shape index (κ3) is 5.19. The van der Waals surface area contributed by atoms with Gasteiger partial charge in [0, 0.05) is 5.56 Å². The first-order valence-electron chi connectivity index (χ1n) is 7.93. The average molecular weight is 329 g/mol. The standard InChI is InChI=1S/C19H23NO4/c1-4-23-17-7-5-15(6-8-17)19(21)20-14(2)13-24-18-11-9-16(22-3)10-12-18/h5-12,14H,4,13H2,1-3H3,(H,20,21)/t14-/m0/s1. The lowest BCUT2D eigenvalue weighted by molar-refractivity contribution is 0.0926. The molecule has 5 nitrogen and oxygen atoms in total. The lowest BCUT2D eigenvalue weighted by Gasteiger charge is -2.15. The summed E-state index contributed by atoms with van der Waals surface area (Å²) in [6.45, 7) is 4.81. The molecule has 128 valence electrons. The molecular weight excluding hydrogens is 306 g/mol. The summed E-state index contributed by atoms with van der Waals surface area (Å²) in [5.41, 5.74) is 0.592. The van der Waals surface area contributed by atoms with E-state index in [0.29, 0.717) is 18.8 Å². The van der Waals surface area contributed by atoms with E-state index in [2.05, 4.69) is 5.32 Å². The largest absolute Gasteiger partial charge is 0.497 e. The molecule has 2 aromatic carbocycles. The maximum absolute atomic E-state index is 12.2. The second-order valence-electron chi connectivity index (χ2n) is 5.32. The van der Waals surface area contributed by atoms with Crippen LogP contribution in [-0.2, 0) is 0 Å². The van der Waals surface area contributed by atoms with Gasteiger partial charge in [0.2, 0.25) is 0 Å². The van der Waals surface area contributed by atoms with Crippen LogP contribution in [0.1, 0.15) is 24.2 Å². The summed E-state index contributed by atoms with van der Waals surface area (Å²) < 4.78 is 16.1. The highest BCUT2D eigenvalue weighted by molar-refractivity contribution is 5.94. The Kier molecular flexibility index (Phi) is 6.49. The molecule has 0 spiro atoms. The van der Waals surface area contributed by atoms with Crippen molar-refractivity contribution < 1.29 is 19.0 Å². The van der Waals surface area contributed by atoms with E-state index < -0.39 is 0 Å². The number of rotatable bonds is 8. The smallest absolute Gasteiger partial charge is 0.251 e. The first kappa shape index (κ1) is 17.7. The van der Waals surface area contributed by atoms with Crippen LogP contribution >= 0.6 is 0 Å². The van der Waals surface area contributed by atoms with Gasteiger partial charge >= 0.3 is 0 Å². The molecule has 1 atom stereocenters. The van der Waals surface area contributed by atoms with Crippen LogP contribution in [0.4, 0.5) is 0 Å². The fourth-order valence-corrected chi connectivity index (χ4v) is 2.11. The highest BCUT2D eigenvalue weighted by Crippen LogP contribution is 2.17. The van der Waals surface area contributed by atoms with E-state index >= 15 is 0 Å². The Labute approximate surface area is 142 Å². The molecule has 0 heterocycles. The highest BCUT2D eigenvalue weighted by atomic mass is 16.5. The molecule has 0 bridgehead atoms. The normalized spacial score (nSPS) is 11.5. The van der Waals surface area contributed by atoms with Crippen molar-refractivity contribution in [3.8, 4) is 17.2 Å². The molecule has 0 unspecified atom stereocenters. The third-order valence-corrected chi connectivity index (χ3v) is 3.36. The molecule has 0 saturated carbocycles. The SMILES string of the molecule is CCOc1ccc(C(=O)N[C@@H](C)COc2ccc(OC)cc2)cc1. The van der Waals surface area contributed by atoms with Gasteiger partial charge in [-0.25, -0.2) is 0 Å². The molecule has 0 radical (unpaired) electrons. The molecule has 2 aromatic rings. The van der Waals surface area contributed by atoms with E-state index in [-0.39, 0.29) is 11.9 Å². The van der Waals surface area contributed by atoms with E-state index in [9.17, 15) is 4.79 Å². The number of carbonyl (C=O) groups is 1. The summed E-state index contributed by atoms with van der Waals surface area (Å²) in [6.07, 6.45) is 0. The van der Waals surface area contributed by atoms with Gasteiger partial charge < -0.3 is 19.5 Å². The number of methoxy groups -OCH3 is 1. The molecule has 24 heavy (non-hydrogen) atoms. The maximum atomic E-state index is 12.2. The third-order valence-electron chi connectivity index (χ3n) is 3.36. The Morgan fingerprint density at radius 3 is 2.08 bits per heavy atom. The molecule has 0 aliphatic heterocycles. The molecular formula is C19H23NO4. The van der Waals surface area contributed by atoms with Gasteiger partial charge in [0.15, 0.2) is 0 Å². The maximum Gasteiger partial charge on any atom is 0.251 e. The molecule has 1 N–H and O–H groups in total. The minimum Gasteiger partial charge on any atom is -0.497 e. The number of hydrogen-bond acceptors (Lipinski definition) is 4. The summed E-state index contributed by atoms with van der Waals surface area (Å²) in [4.78, 5) is 12.2. The van der Waals surface area contributed by atoms with Crippen molar-refractivity contribution in [1.29, 1.82) is 0 Å². The number of nitrogens with one attached hydrogen (secondary N) is 1. The van der Waals surface area contributed by atoms with Crippen LogP contribution in [0.3, 0.4) is 0 Å². The number of ether oxygens (including phenoxy) is 3. The number of benzene rings is 2. The lowest BCUT2D eigenvalue weighted by Crippen LogP contribution is -2.36. The van der Waals surface area contributed by atoms with Gasteiger partial charge in [-0.2, -0.15) is 0 Å². The zero-order chi connectivity index (χ0) is 17.4. The minimum absolute atomic E-state index is 0.119. The second kappa shape index (κ2) is 8.82. The zero-order valence-corrected chi connectivity index (χ0v) is 14.2. The van der Waals surface area contributed by atoms with Crippen molar-refractivity contribution in [2.24, 2.45) is 0 Å². The predicted octanol–water partition coefficient (Wildman–Crippen LogP) is 3.29. The van der Waals surface area contributed by atoms with E-state index in [1.54, 1.807) is 31.4 Å². The first-order chi connectivity index (χ1) is 11.6. The molecule has 2 rings (SSSR count). The molecule has 0 aliphatic rings. The van der Waals surface area contributed by atoms with Crippen molar-refractivity contribution in [1.82, 2.24) is 5.32 Å². The summed E-state index contributed by atoms with van der Waals surface area (Å²) in [7, 11) is 1.62. The van der Waals surface area contributed by atoms with Gasteiger partial charge in [0.1, 0.15) is 23.9 Å². The van der Waals surface area contributed by atoms with Crippen LogP contribution in [0.25, 0.3) is 0 Å². The zero-order valence-electron chi connectivity index (χ0n) is 14.2. The summed E-state index contributed by atoms with van der Waals surface area (Å²) in [6, 6.07) is 14.3. The Morgan fingerprint density at radius 2 is 1.50 bits per heavy atom. The van der Waals surface area contributed by atoms with E-state index in [4.69, 9.17) is 14.2 Å². The summed E-state index contributed by atoms with van der Waals surface area (Å²) >= 11 is 0. The van der Waals surface area contributed by atoms with E-state index in [1.165, 1.54) is 0 Å². The number of carbonyl (C=O) groups excluding carboxylic acids is 1. The molecule has 0 aliphatic carbocycles. The molecule has 5 heteroatoms. The second-order valence-corrected chi connectivity index (χ2v) is 5.32. The van der Waals surface area contributed by atoms with Crippen molar-refractivity contribution in [2.75, 3.05) is 20.3 Å². The predicted molar refractivity (Wildman–Crippen MR) is 93.0 cm³/mol. The van der Waals surface area contributed by atoms with Crippen molar-refractivity contribution >= 4 is 5.91 Å². The monoisotopic (exact) mass is 329 g/mol. The Balaban J connectivity index is 1.82. The fraction of sp³-hybridized carbons (Fsp3) is 0.316. The minimum atomic E-state index is -0.135. The highest BCUT2D eigenvalue weighted by Gasteiger charge is 2.10. The van der Waals surface area contributed by atoms with Crippen LogP contribution < -0.4 is 19.5 Å². The van der Waals surface area contributed by atoms with Gasteiger partial charge in [-0.05, 0) is 62.4 Å². The van der Waals surface area contributed by atoms with Crippen LogP contribution in [0, 0.1) is 0 Å². The van der Waals surface area contributed by atoms with Crippen LogP contribution in [0.5, 0.6) is 17.2 Å². The Morgan fingerprint density at radius 1 is 0.958 bits per heavy atom. The van der Waals surface area contributed by atoms with E-state index in [1.807, 2.05) is 38.1 Å². The Hall–Kier alpha value is -2.69. The Bertz CT molecular complexity index is 637. The van der Waals surface area contributed by atoms with Crippen molar-refractivity contribution in [3.63, 3.8) is 0 Å². The van der Waals surface area contributed by atoms with Crippen molar-refractivity contribution in [3.05, 3.63) is 54.1 Å². The molecule has 1 amide bonds. The molecule has 0 saturated heterocycles. The first-order valence-corrected chi connectivity index (χ1v) is 7.93. The van der Waals surface area contributed by atoms with Crippen LogP contribution in [-0.4, -0.2) is 32.3 Å². The topological polar surface area (TPSA) is 56.8 Å². The van der Waals surface area contributed by atoms with E-state index in [0.717, 1.165) is 17.2 Å². The van der Waals surface area contributed by atoms with Gasteiger partial charge in [0.25, 0.3) is 5.91 Å². The lowest BCUT2D eigenvalue weighted by atomic mass is 10.2. The van der Waals surface area contributed by atoms with Crippen LogP contribution in [0.2, 0.25) is 0 Å². The summed E-state index contributed by atoms with van der Waals surface area (Å²) in [5, 5.41) is 2.91. The number of amides is 1. The van der Waals surface area contributed by atoms with Crippen molar-refractivity contribution in [2.45, 2.75) is 19.9 Å². The molecule has 0 fully saturated rings. The fourth-order valence-electron chi connectivity index (χ4n) is 2.11. The quantitative estimate of drug-likeness (QED) is 0.807. The van der Waals surface area contributed by atoms with Crippen LogP contribution in [0.15, 0.2) is 48.5 Å².